The topological polar surface area (TPSA) is 79.0 Å². The van der Waals surface area contributed by atoms with Gasteiger partial charge in [0.2, 0.25) is 0 Å². The van der Waals surface area contributed by atoms with Crippen LogP contribution in [-0.2, 0) is 11.3 Å². The lowest BCUT2D eigenvalue weighted by Gasteiger charge is -2.33. The molecule has 1 aliphatic carbocycles. The van der Waals surface area contributed by atoms with Gasteiger partial charge in [0.1, 0.15) is 12.3 Å². The van der Waals surface area contributed by atoms with Crippen LogP contribution in [0.3, 0.4) is 0 Å². The van der Waals surface area contributed by atoms with E-state index in [2.05, 4.69) is 15.6 Å². The van der Waals surface area contributed by atoms with Crippen molar-refractivity contribution in [1.29, 1.82) is 0 Å². The number of halogens is 1. The minimum atomic E-state index is -0.710. The lowest BCUT2D eigenvalue weighted by Crippen LogP contribution is -2.51. The summed E-state index contributed by atoms with van der Waals surface area (Å²) in [6.07, 6.45) is 9.21. The van der Waals surface area contributed by atoms with E-state index in [1.807, 2.05) is 12.1 Å². The second-order valence-electron chi connectivity index (χ2n) is 6.91. The monoisotopic (exact) mass is 463 g/mol. The number of ether oxygens (including phenoxy) is 1. The molecule has 3 N–H and O–H groups in total. The highest BCUT2D eigenvalue weighted by Crippen LogP contribution is 2.20. The normalized spacial score (nSPS) is 21.4. The van der Waals surface area contributed by atoms with Crippen LogP contribution < -0.4 is 10.6 Å². The number of aliphatic hydroxyl groups is 1. The van der Waals surface area contributed by atoms with Crippen LogP contribution >= 0.6 is 24.0 Å². The van der Waals surface area contributed by atoms with E-state index in [-0.39, 0.29) is 24.0 Å². The predicted octanol–water partition coefficient (Wildman–Crippen LogP) is 2.81. The zero-order valence-corrected chi connectivity index (χ0v) is 17.0. The Morgan fingerprint density at radius 2 is 2.00 bits per heavy atom. The van der Waals surface area contributed by atoms with E-state index in [0.29, 0.717) is 45.2 Å². The summed E-state index contributed by atoms with van der Waals surface area (Å²) in [5.74, 6) is 1.60. The van der Waals surface area contributed by atoms with E-state index in [4.69, 9.17) is 9.15 Å². The van der Waals surface area contributed by atoms with E-state index in [1.165, 1.54) is 32.1 Å². The number of guanidine groups is 1. The number of hydrogen-bond acceptors (Lipinski definition) is 4. The standard InChI is InChI=1S/C18H29N3O3.HI/c22-18(8-11-23-12-9-18)14-20-17(19-13-16-7-4-10-24-16)21-15-5-2-1-3-6-15;/h4,7,10,15,22H,1-3,5-6,8-9,11-14H2,(H2,19,20,21);1H. The van der Waals surface area contributed by atoms with Crippen LogP contribution in [0.25, 0.3) is 0 Å². The Morgan fingerprint density at radius 3 is 2.68 bits per heavy atom. The van der Waals surface area contributed by atoms with E-state index in [9.17, 15) is 5.11 Å². The van der Waals surface area contributed by atoms with E-state index in [1.54, 1.807) is 6.26 Å². The quantitative estimate of drug-likeness (QED) is 0.356. The molecular weight excluding hydrogens is 433 g/mol. The minimum Gasteiger partial charge on any atom is -0.467 e. The lowest BCUT2D eigenvalue weighted by molar-refractivity contribution is -0.0594. The molecule has 1 aliphatic heterocycles. The Hall–Kier alpha value is -0.800. The van der Waals surface area contributed by atoms with Crippen molar-refractivity contribution < 1.29 is 14.3 Å². The Bertz CT molecular complexity index is 510. The first kappa shape index (κ1) is 20.5. The van der Waals surface area contributed by atoms with Crippen LogP contribution in [0.1, 0.15) is 50.7 Å². The molecule has 0 radical (unpaired) electrons. The summed E-state index contributed by atoms with van der Waals surface area (Å²) in [6.45, 7) is 2.23. The van der Waals surface area contributed by atoms with Gasteiger partial charge in [0, 0.05) is 38.6 Å². The van der Waals surface area contributed by atoms with Gasteiger partial charge in [0.05, 0.1) is 11.9 Å². The van der Waals surface area contributed by atoms with Crippen molar-refractivity contribution in [2.24, 2.45) is 4.99 Å². The summed E-state index contributed by atoms with van der Waals surface area (Å²) < 4.78 is 10.7. The van der Waals surface area contributed by atoms with Crippen LogP contribution in [0.5, 0.6) is 0 Å². The van der Waals surface area contributed by atoms with Gasteiger partial charge in [0.15, 0.2) is 5.96 Å². The molecule has 1 saturated carbocycles. The van der Waals surface area contributed by atoms with Crippen molar-refractivity contribution in [2.75, 3.05) is 19.8 Å². The SMILES string of the molecule is I.OC1(CNC(=NCc2ccco2)NC2CCCCC2)CCOCC1. The summed E-state index contributed by atoms with van der Waals surface area (Å²) in [4.78, 5) is 4.63. The van der Waals surface area contributed by atoms with Crippen molar-refractivity contribution >= 4 is 29.9 Å². The van der Waals surface area contributed by atoms with Gasteiger partial charge in [0.25, 0.3) is 0 Å². The number of nitrogens with zero attached hydrogens (tertiary/aromatic N) is 1. The van der Waals surface area contributed by atoms with Crippen LogP contribution in [-0.4, -0.2) is 42.5 Å². The highest BCUT2D eigenvalue weighted by atomic mass is 127. The van der Waals surface area contributed by atoms with Gasteiger partial charge in [-0.05, 0) is 25.0 Å². The van der Waals surface area contributed by atoms with Gasteiger partial charge in [-0.25, -0.2) is 4.99 Å². The zero-order chi connectivity index (χ0) is 16.7. The van der Waals surface area contributed by atoms with Crippen LogP contribution in [0.2, 0.25) is 0 Å². The van der Waals surface area contributed by atoms with E-state index >= 15 is 0 Å². The molecule has 2 heterocycles. The first-order valence-electron chi connectivity index (χ1n) is 9.11. The van der Waals surface area contributed by atoms with E-state index < -0.39 is 5.60 Å². The number of hydrogen-bond donors (Lipinski definition) is 3. The van der Waals surface area contributed by atoms with Crippen molar-refractivity contribution in [3.8, 4) is 0 Å². The van der Waals surface area contributed by atoms with Crippen molar-refractivity contribution in [3.05, 3.63) is 24.2 Å². The number of aliphatic imine (C=N–C) groups is 1. The molecule has 3 rings (SSSR count). The second-order valence-corrected chi connectivity index (χ2v) is 6.91. The number of rotatable bonds is 5. The molecule has 1 aromatic rings. The van der Waals surface area contributed by atoms with Crippen LogP contribution in [0, 0.1) is 0 Å². The second kappa shape index (κ2) is 10.4. The summed E-state index contributed by atoms with van der Waals surface area (Å²) in [7, 11) is 0. The average Bonchev–Trinajstić information content (AvgIpc) is 3.12. The summed E-state index contributed by atoms with van der Waals surface area (Å²) in [5.41, 5.74) is -0.710. The van der Waals surface area contributed by atoms with Gasteiger partial charge < -0.3 is 24.9 Å². The van der Waals surface area contributed by atoms with Crippen molar-refractivity contribution in [1.82, 2.24) is 10.6 Å². The van der Waals surface area contributed by atoms with Gasteiger partial charge in [-0.2, -0.15) is 0 Å². The summed E-state index contributed by atoms with van der Waals surface area (Å²) >= 11 is 0. The van der Waals surface area contributed by atoms with Crippen LogP contribution in [0.15, 0.2) is 27.8 Å². The third kappa shape index (κ3) is 6.79. The molecule has 0 bridgehead atoms. The molecule has 2 aliphatic rings. The molecule has 0 amide bonds. The fourth-order valence-corrected chi connectivity index (χ4v) is 3.33. The molecule has 0 atom stereocenters. The zero-order valence-electron chi connectivity index (χ0n) is 14.7. The molecule has 6 nitrogen and oxygen atoms in total. The highest BCUT2D eigenvalue weighted by molar-refractivity contribution is 14.0. The Kier molecular flexibility index (Phi) is 8.51. The fraction of sp³-hybridized carbons (Fsp3) is 0.722. The molecule has 0 aromatic carbocycles. The van der Waals surface area contributed by atoms with Gasteiger partial charge in [-0.1, -0.05) is 19.3 Å². The summed E-state index contributed by atoms with van der Waals surface area (Å²) in [6, 6.07) is 4.26. The van der Waals surface area contributed by atoms with Gasteiger partial charge in [-0.3, -0.25) is 0 Å². The first-order chi connectivity index (χ1) is 11.7. The summed E-state index contributed by atoms with van der Waals surface area (Å²) in [5, 5.41) is 17.5. The van der Waals surface area contributed by atoms with Crippen LogP contribution in [0.4, 0.5) is 0 Å². The molecule has 1 aromatic heterocycles. The Morgan fingerprint density at radius 1 is 1.24 bits per heavy atom. The van der Waals surface area contributed by atoms with Crippen molar-refractivity contribution in [2.45, 2.75) is 63.1 Å². The van der Waals surface area contributed by atoms with Gasteiger partial charge in [-0.15, -0.1) is 24.0 Å². The molecule has 0 unspecified atom stereocenters. The smallest absolute Gasteiger partial charge is 0.192 e. The molecule has 0 spiro atoms. The molecular formula is C18H30IN3O3. The van der Waals surface area contributed by atoms with Gasteiger partial charge >= 0.3 is 0 Å². The fourth-order valence-electron chi connectivity index (χ4n) is 3.33. The lowest BCUT2D eigenvalue weighted by atomic mass is 9.94. The molecule has 7 heteroatoms. The largest absolute Gasteiger partial charge is 0.467 e. The third-order valence-corrected chi connectivity index (χ3v) is 4.93. The third-order valence-electron chi connectivity index (χ3n) is 4.93. The maximum atomic E-state index is 10.6. The molecule has 142 valence electrons. The highest BCUT2D eigenvalue weighted by Gasteiger charge is 2.30. The Balaban J connectivity index is 0.00000225. The Labute approximate surface area is 166 Å². The predicted molar refractivity (Wildman–Crippen MR) is 108 cm³/mol. The van der Waals surface area contributed by atoms with E-state index in [0.717, 1.165) is 11.7 Å². The number of nitrogens with one attached hydrogen (secondary N) is 2. The van der Waals surface area contributed by atoms with Crippen molar-refractivity contribution in [3.63, 3.8) is 0 Å². The average molecular weight is 463 g/mol. The minimum absolute atomic E-state index is 0. The maximum absolute atomic E-state index is 10.6. The number of furan rings is 1. The molecule has 1 saturated heterocycles. The maximum Gasteiger partial charge on any atom is 0.192 e. The first-order valence-corrected chi connectivity index (χ1v) is 9.11. The molecule has 25 heavy (non-hydrogen) atoms. The molecule has 2 fully saturated rings.